The second-order valence-corrected chi connectivity index (χ2v) is 8.45. The van der Waals surface area contributed by atoms with Gasteiger partial charge >= 0.3 is 6.18 Å². The lowest BCUT2D eigenvalue weighted by Gasteiger charge is -2.20. The molecule has 0 unspecified atom stereocenters. The predicted molar refractivity (Wildman–Crippen MR) is 127 cm³/mol. The van der Waals surface area contributed by atoms with Crippen LogP contribution in [0.4, 0.5) is 13.2 Å². The third-order valence-electron chi connectivity index (χ3n) is 5.50. The average Bonchev–Trinajstić information content (AvgIpc) is 2.75. The summed E-state index contributed by atoms with van der Waals surface area (Å²) in [5.74, 6) is 0. The molecule has 0 aromatic heterocycles. The molecule has 0 atom stereocenters. The fourth-order valence-corrected chi connectivity index (χ4v) is 4.60. The highest BCUT2D eigenvalue weighted by atomic mass is 35.5. The summed E-state index contributed by atoms with van der Waals surface area (Å²) in [7, 11) is 0. The Morgan fingerprint density at radius 1 is 0.625 bits per heavy atom. The van der Waals surface area contributed by atoms with Crippen LogP contribution in [0, 0.1) is 13.8 Å². The maximum Gasteiger partial charge on any atom is 0.417 e. The van der Waals surface area contributed by atoms with Crippen molar-refractivity contribution >= 4 is 23.2 Å². The molecule has 0 nitrogen and oxygen atoms in total. The van der Waals surface area contributed by atoms with Crippen molar-refractivity contribution in [3.05, 3.63) is 106 Å². The quantitative estimate of drug-likeness (QED) is 0.279. The summed E-state index contributed by atoms with van der Waals surface area (Å²) >= 11 is 13.6. The summed E-state index contributed by atoms with van der Waals surface area (Å²) in [5.41, 5.74) is 4.29. The lowest BCUT2D eigenvalue weighted by atomic mass is 9.89. The molecule has 0 saturated carbocycles. The third-order valence-corrected chi connectivity index (χ3v) is 6.29. The van der Waals surface area contributed by atoms with Gasteiger partial charge in [-0.25, -0.2) is 0 Å². The number of hydrogen-bond acceptors (Lipinski definition) is 0. The van der Waals surface area contributed by atoms with E-state index < -0.39 is 11.7 Å². The molecule has 0 aliphatic rings. The van der Waals surface area contributed by atoms with Crippen LogP contribution in [0.2, 0.25) is 10.0 Å². The van der Waals surface area contributed by atoms with E-state index in [1.165, 1.54) is 12.1 Å². The van der Waals surface area contributed by atoms with Crippen LogP contribution >= 0.6 is 23.2 Å². The Morgan fingerprint density at radius 3 is 1.81 bits per heavy atom. The highest BCUT2D eigenvalue weighted by Gasteiger charge is 2.35. The van der Waals surface area contributed by atoms with Gasteiger partial charge in [0.2, 0.25) is 0 Å². The van der Waals surface area contributed by atoms with Crippen molar-refractivity contribution in [2.75, 3.05) is 0 Å². The van der Waals surface area contributed by atoms with Crippen LogP contribution in [0.5, 0.6) is 0 Å². The van der Waals surface area contributed by atoms with Gasteiger partial charge in [-0.3, -0.25) is 0 Å². The van der Waals surface area contributed by atoms with Crippen LogP contribution in [-0.2, 0) is 6.18 Å². The van der Waals surface area contributed by atoms with Crippen molar-refractivity contribution in [1.29, 1.82) is 0 Å². The van der Waals surface area contributed by atoms with Crippen LogP contribution in [0.3, 0.4) is 0 Å². The molecule has 0 N–H and O–H groups in total. The van der Waals surface area contributed by atoms with Crippen molar-refractivity contribution in [2.45, 2.75) is 20.0 Å². The Hall–Kier alpha value is -2.75. The summed E-state index contributed by atoms with van der Waals surface area (Å²) in [6, 6.07) is 22.6. The van der Waals surface area contributed by atoms with Gasteiger partial charge in [0.05, 0.1) is 15.6 Å². The largest absolute Gasteiger partial charge is 0.417 e. The van der Waals surface area contributed by atoms with E-state index in [9.17, 15) is 13.2 Å². The topological polar surface area (TPSA) is 0 Å². The van der Waals surface area contributed by atoms with Gasteiger partial charge in [-0.1, -0.05) is 95.5 Å². The predicted octanol–water partition coefficient (Wildman–Crippen LogP) is 9.63. The SMILES string of the molecule is Cc1ccc(-c2cc(-c3ccccc3C)c(Cl)c(-c3ccccc3C(F)(F)F)c2Cl)cc1. The van der Waals surface area contributed by atoms with Crippen LogP contribution in [0.25, 0.3) is 33.4 Å². The van der Waals surface area contributed by atoms with Crippen LogP contribution in [0.1, 0.15) is 16.7 Å². The zero-order valence-electron chi connectivity index (χ0n) is 17.4. The molecule has 4 rings (SSSR count). The van der Waals surface area contributed by atoms with Crippen molar-refractivity contribution in [3.8, 4) is 33.4 Å². The monoisotopic (exact) mass is 470 g/mol. The Kier molecular flexibility index (Phi) is 6.07. The molecule has 0 fully saturated rings. The molecule has 0 radical (unpaired) electrons. The summed E-state index contributed by atoms with van der Waals surface area (Å²) < 4.78 is 41.6. The van der Waals surface area contributed by atoms with Gasteiger partial charge < -0.3 is 0 Å². The number of alkyl halides is 3. The van der Waals surface area contributed by atoms with Gasteiger partial charge in [0.25, 0.3) is 0 Å². The molecular weight excluding hydrogens is 452 g/mol. The molecule has 0 saturated heterocycles. The molecule has 5 heteroatoms. The van der Waals surface area contributed by atoms with Crippen LogP contribution in [-0.4, -0.2) is 0 Å². The van der Waals surface area contributed by atoms with Gasteiger partial charge in [-0.05, 0) is 48.2 Å². The first kappa shape index (κ1) is 22.4. The molecule has 4 aromatic rings. The minimum Gasteiger partial charge on any atom is -0.166 e. The average molecular weight is 471 g/mol. The molecule has 0 spiro atoms. The standard InChI is InChI=1S/C27H19Cl2F3/c1-16-11-13-18(14-12-16)21-15-22(19-8-4-3-7-17(19)2)26(29)24(25(21)28)20-9-5-6-10-23(20)27(30,31)32/h3-15H,1-2H3. The summed E-state index contributed by atoms with van der Waals surface area (Å²) in [6.07, 6.45) is -4.55. The maximum absolute atomic E-state index is 13.9. The van der Waals surface area contributed by atoms with E-state index in [0.29, 0.717) is 11.1 Å². The van der Waals surface area contributed by atoms with E-state index in [2.05, 4.69) is 0 Å². The molecule has 162 valence electrons. The molecule has 0 amide bonds. The maximum atomic E-state index is 13.9. The third kappa shape index (κ3) is 4.15. The van der Waals surface area contributed by atoms with E-state index >= 15 is 0 Å². The number of halogens is 5. The molecular formula is C27H19Cl2F3. The smallest absolute Gasteiger partial charge is 0.166 e. The first-order valence-electron chi connectivity index (χ1n) is 10.00. The van der Waals surface area contributed by atoms with E-state index in [0.717, 1.165) is 28.3 Å². The molecule has 0 heterocycles. The Labute approximate surface area is 195 Å². The normalized spacial score (nSPS) is 11.6. The number of hydrogen-bond donors (Lipinski definition) is 0. The van der Waals surface area contributed by atoms with Crippen molar-refractivity contribution in [1.82, 2.24) is 0 Å². The highest BCUT2D eigenvalue weighted by Crippen LogP contribution is 2.49. The fraction of sp³-hybridized carbons (Fsp3) is 0.111. The van der Waals surface area contributed by atoms with E-state index in [4.69, 9.17) is 23.2 Å². The van der Waals surface area contributed by atoms with Gasteiger partial charge in [0, 0.05) is 16.7 Å². The van der Waals surface area contributed by atoms with E-state index in [-0.39, 0.29) is 21.2 Å². The lowest BCUT2D eigenvalue weighted by Crippen LogP contribution is -2.07. The second kappa shape index (κ2) is 8.65. The molecule has 0 bridgehead atoms. The van der Waals surface area contributed by atoms with Crippen molar-refractivity contribution in [2.24, 2.45) is 0 Å². The second-order valence-electron chi connectivity index (χ2n) is 7.70. The van der Waals surface area contributed by atoms with Gasteiger partial charge in [0.1, 0.15) is 0 Å². The summed E-state index contributed by atoms with van der Waals surface area (Å²) in [4.78, 5) is 0. The minimum atomic E-state index is -4.55. The Balaban J connectivity index is 2.11. The number of aryl methyl sites for hydroxylation is 2. The Bertz CT molecular complexity index is 1290. The van der Waals surface area contributed by atoms with E-state index in [1.54, 1.807) is 6.07 Å². The number of benzene rings is 4. The summed E-state index contributed by atoms with van der Waals surface area (Å²) in [6.45, 7) is 3.91. The summed E-state index contributed by atoms with van der Waals surface area (Å²) in [5, 5.41) is 0.379. The molecule has 4 aromatic carbocycles. The first-order chi connectivity index (χ1) is 15.2. The molecule has 0 aliphatic carbocycles. The van der Waals surface area contributed by atoms with Crippen molar-refractivity contribution in [3.63, 3.8) is 0 Å². The van der Waals surface area contributed by atoms with E-state index in [1.807, 2.05) is 68.4 Å². The highest BCUT2D eigenvalue weighted by molar-refractivity contribution is 6.42. The fourth-order valence-electron chi connectivity index (χ4n) is 3.84. The Morgan fingerprint density at radius 2 is 1.19 bits per heavy atom. The van der Waals surface area contributed by atoms with Crippen molar-refractivity contribution < 1.29 is 13.2 Å². The first-order valence-corrected chi connectivity index (χ1v) is 10.8. The minimum absolute atomic E-state index is 0.0428. The zero-order valence-corrected chi connectivity index (χ0v) is 18.9. The molecule has 0 aliphatic heterocycles. The van der Waals surface area contributed by atoms with Crippen LogP contribution in [0.15, 0.2) is 78.9 Å². The number of rotatable bonds is 3. The molecule has 32 heavy (non-hydrogen) atoms. The lowest BCUT2D eigenvalue weighted by molar-refractivity contribution is -0.137. The zero-order chi connectivity index (χ0) is 23.0. The van der Waals surface area contributed by atoms with Crippen LogP contribution < -0.4 is 0 Å². The van der Waals surface area contributed by atoms with Gasteiger partial charge in [-0.15, -0.1) is 0 Å². The van der Waals surface area contributed by atoms with Gasteiger partial charge in [0.15, 0.2) is 0 Å². The van der Waals surface area contributed by atoms with Gasteiger partial charge in [-0.2, -0.15) is 13.2 Å².